The van der Waals surface area contributed by atoms with Gasteiger partial charge in [0.2, 0.25) is 5.95 Å². The van der Waals surface area contributed by atoms with Gasteiger partial charge in [0.25, 0.3) is 10.0 Å². The predicted octanol–water partition coefficient (Wildman–Crippen LogP) is 4.12. The third-order valence-electron chi connectivity index (χ3n) is 5.47. The van der Waals surface area contributed by atoms with E-state index in [9.17, 15) is 21.2 Å². The molecule has 4 rings (SSSR count). The van der Waals surface area contributed by atoms with E-state index in [1.165, 1.54) is 16.4 Å². The van der Waals surface area contributed by atoms with Crippen LogP contribution in [0.4, 0.5) is 33.2 Å². The Labute approximate surface area is 203 Å². The molecule has 0 spiro atoms. The highest BCUT2D eigenvalue weighted by Crippen LogP contribution is 2.33. The van der Waals surface area contributed by atoms with Crippen molar-refractivity contribution < 1.29 is 21.2 Å². The van der Waals surface area contributed by atoms with Crippen molar-refractivity contribution in [3.8, 4) is 0 Å². The molecule has 0 aliphatic carbocycles. The average Bonchev–Trinajstić information content (AvgIpc) is 3.04. The van der Waals surface area contributed by atoms with Crippen molar-refractivity contribution in [1.82, 2.24) is 9.97 Å². The molecule has 0 saturated heterocycles. The van der Waals surface area contributed by atoms with E-state index in [2.05, 4.69) is 27.2 Å². The third kappa shape index (κ3) is 5.60. The molecule has 1 aromatic heterocycles. The first kappa shape index (κ1) is 24.6. The van der Waals surface area contributed by atoms with E-state index in [0.717, 1.165) is 36.3 Å². The highest BCUT2D eigenvalue weighted by molar-refractivity contribution is 7.95. The first-order valence-electron chi connectivity index (χ1n) is 10.7. The second-order valence-electron chi connectivity index (χ2n) is 8.02. The van der Waals surface area contributed by atoms with Crippen LogP contribution in [0.25, 0.3) is 0 Å². The van der Waals surface area contributed by atoms with Crippen molar-refractivity contribution in [3.63, 3.8) is 0 Å². The molecule has 2 heterocycles. The van der Waals surface area contributed by atoms with Crippen LogP contribution in [-0.4, -0.2) is 39.6 Å². The molecule has 0 amide bonds. The molecule has 0 atom stereocenters. The number of nitrogens with one attached hydrogen (secondary N) is 2. The second-order valence-corrected chi connectivity index (χ2v) is 11.8. The zero-order chi connectivity index (χ0) is 25.2. The van der Waals surface area contributed by atoms with Crippen LogP contribution >= 0.6 is 0 Å². The van der Waals surface area contributed by atoms with Crippen molar-refractivity contribution in [2.24, 2.45) is 0 Å². The number of benzene rings is 2. The Balaban J connectivity index is 1.60. The van der Waals surface area contributed by atoms with E-state index in [-0.39, 0.29) is 16.7 Å². The Bertz CT molecular complexity index is 1480. The van der Waals surface area contributed by atoms with Gasteiger partial charge in [0, 0.05) is 29.6 Å². The highest BCUT2D eigenvalue weighted by Gasteiger charge is 2.24. The summed E-state index contributed by atoms with van der Waals surface area (Å²) in [6.07, 6.45) is 4.41. The molecular weight excluding hydrogens is 493 g/mol. The molecule has 0 unspecified atom stereocenters. The zero-order valence-corrected chi connectivity index (χ0v) is 20.5. The van der Waals surface area contributed by atoms with Crippen LogP contribution in [0.15, 0.2) is 65.5 Å². The van der Waals surface area contributed by atoms with Gasteiger partial charge in [-0.3, -0.25) is 4.31 Å². The van der Waals surface area contributed by atoms with Gasteiger partial charge in [-0.2, -0.15) is 4.98 Å². The van der Waals surface area contributed by atoms with Crippen molar-refractivity contribution in [2.45, 2.75) is 24.2 Å². The third-order valence-corrected chi connectivity index (χ3v) is 8.02. The summed E-state index contributed by atoms with van der Waals surface area (Å²) < 4.78 is 64.2. The molecule has 9 nitrogen and oxygen atoms in total. The van der Waals surface area contributed by atoms with Crippen LogP contribution in [0, 0.1) is 5.82 Å². The SMILES string of the molecule is C=CS(=O)(=O)N1CCCCc2ccc(Nc3nc(Nc4ccc(S(C)(=O)=O)cc4)ncc3F)cc21. The van der Waals surface area contributed by atoms with Gasteiger partial charge in [0.15, 0.2) is 21.5 Å². The Morgan fingerprint density at radius 1 is 1.03 bits per heavy atom. The smallest absolute Gasteiger partial charge is 0.256 e. The van der Waals surface area contributed by atoms with Crippen LogP contribution in [0.1, 0.15) is 18.4 Å². The molecule has 2 N–H and O–H groups in total. The molecule has 0 saturated carbocycles. The van der Waals surface area contributed by atoms with Crippen LogP contribution in [-0.2, 0) is 26.3 Å². The van der Waals surface area contributed by atoms with Gasteiger partial charge in [-0.1, -0.05) is 12.6 Å². The maximum atomic E-state index is 14.5. The van der Waals surface area contributed by atoms with E-state index < -0.39 is 25.7 Å². The van der Waals surface area contributed by atoms with Gasteiger partial charge >= 0.3 is 0 Å². The molecular formula is C23H24FN5O4S2. The second kappa shape index (κ2) is 9.62. The first-order valence-corrected chi connectivity index (χ1v) is 14.1. The Hall–Kier alpha value is -3.51. The lowest BCUT2D eigenvalue weighted by Crippen LogP contribution is -2.29. The minimum absolute atomic E-state index is 0.0895. The molecule has 0 fully saturated rings. The molecule has 1 aliphatic rings. The van der Waals surface area contributed by atoms with Crippen LogP contribution < -0.4 is 14.9 Å². The summed E-state index contributed by atoms with van der Waals surface area (Å²) >= 11 is 0. The van der Waals surface area contributed by atoms with Gasteiger partial charge in [0.1, 0.15) is 0 Å². The lowest BCUT2D eigenvalue weighted by Gasteiger charge is -2.23. The first-order chi connectivity index (χ1) is 16.6. The van der Waals surface area contributed by atoms with Gasteiger partial charge in [-0.25, -0.2) is 26.2 Å². The Morgan fingerprint density at radius 2 is 1.74 bits per heavy atom. The van der Waals surface area contributed by atoms with E-state index in [4.69, 9.17) is 0 Å². The average molecular weight is 518 g/mol. The quantitative estimate of drug-likeness (QED) is 0.480. The summed E-state index contributed by atoms with van der Waals surface area (Å²) in [7, 11) is -7.02. The van der Waals surface area contributed by atoms with E-state index in [1.807, 2.05) is 6.07 Å². The van der Waals surface area contributed by atoms with Gasteiger partial charge in [-0.15, -0.1) is 0 Å². The number of rotatable bonds is 7. The number of hydrogen-bond donors (Lipinski definition) is 2. The summed E-state index contributed by atoms with van der Waals surface area (Å²) in [5.41, 5.74) is 2.37. The topological polar surface area (TPSA) is 121 Å². The molecule has 0 bridgehead atoms. The van der Waals surface area contributed by atoms with Crippen molar-refractivity contribution in [3.05, 3.63) is 72.0 Å². The summed E-state index contributed by atoms with van der Waals surface area (Å²) in [6, 6.07) is 11.2. The van der Waals surface area contributed by atoms with E-state index in [0.29, 0.717) is 30.0 Å². The molecule has 2 aromatic carbocycles. The standard InChI is InChI=1S/C23H24FN5O4S2/c1-3-35(32,33)29-13-5-4-6-16-7-8-18(14-21(16)29)26-22-20(24)15-25-23(28-22)27-17-9-11-19(12-10-17)34(2,30)31/h3,7-12,14-15H,1,4-6,13H2,2H3,(H2,25,26,27,28). The number of halogens is 1. The minimum Gasteiger partial charge on any atom is -0.338 e. The number of aromatic nitrogens is 2. The molecule has 12 heteroatoms. The van der Waals surface area contributed by atoms with Crippen molar-refractivity contribution >= 4 is 48.7 Å². The van der Waals surface area contributed by atoms with E-state index in [1.54, 1.807) is 24.3 Å². The van der Waals surface area contributed by atoms with Gasteiger partial charge in [-0.05, 0) is 61.2 Å². The number of hydrogen-bond acceptors (Lipinski definition) is 8. The number of anilines is 5. The van der Waals surface area contributed by atoms with Gasteiger partial charge in [0.05, 0.1) is 16.8 Å². The lowest BCUT2D eigenvalue weighted by atomic mass is 10.1. The highest BCUT2D eigenvalue weighted by atomic mass is 32.2. The van der Waals surface area contributed by atoms with Crippen LogP contribution in [0.2, 0.25) is 0 Å². The van der Waals surface area contributed by atoms with Gasteiger partial charge < -0.3 is 10.6 Å². The number of fused-ring (bicyclic) bond motifs is 1. The van der Waals surface area contributed by atoms with Crippen LogP contribution in [0.5, 0.6) is 0 Å². The number of sulfonamides is 1. The van der Waals surface area contributed by atoms with E-state index >= 15 is 0 Å². The summed E-state index contributed by atoms with van der Waals surface area (Å²) in [5, 5.41) is 6.72. The maximum absolute atomic E-state index is 14.5. The van der Waals surface area contributed by atoms with Crippen molar-refractivity contribution in [1.29, 1.82) is 0 Å². The Kier molecular flexibility index (Phi) is 6.77. The number of aryl methyl sites for hydroxylation is 1. The number of nitrogens with zero attached hydrogens (tertiary/aromatic N) is 3. The molecule has 184 valence electrons. The summed E-state index contributed by atoms with van der Waals surface area (Å²) in [4.78, 5) is 8.27. The predicted molar refractivity (Wildman–Crippen MR) is 134 cm³/mol. The Morgan fingerprint density at radius 3 is 2.43 bits per heavy atom. The zero-order valence-electron chi connectivity index (χ0n) is 18.9. The molecule has 1 aliphatic heterocycles. The fourth-order valence-electron chi connectivity index (χ4n) is 3.70. The molecule has 35 heavy (non-hydrogen) atoms. The number of sulfone groups is 1. The summed E-state index contributed by atoms with van der Waals surface area (Å²) in [5.74, 6) is -0.720. The summed E-state index contributed by atoms with van der Waals surface area (Å²) in [6.45, 7) is 3.76. The minimum atomic E-state index is -3.69. The maximum Gasteiger partial charge on any atom is 0.256 e. The fourth-order valence-corrected chi connectivity index (χ4v) is 5.34. The van der Waals surface area contributed by atoms with Crippen LogP contribution in [0.3, 0.4) is 0 Å². The normalized spacial score (nSPS) is 14.1. The van der Waals surface area contributed by atoms with Crippen molar-refractivity contribution in [2.75, 3.05) is 27.7 Å². The molecule has 0 radical (unpaired) electrons. The largest absolute Gasteiger partial charge is 0.338 e. The fraction of sp³-hybridized carbons (Fsp3) is 0.217. The lowest BCUT2D eigenvalue weighted by molar-refractivity contribution is 0.597. The monoisotopic (exact) mass is 517 g/mol. The molecule has 3 aromatic rings.